The molecule has 30 heavy (non-hydrogen) atoms. The predicted octanol–water partition coefficient (Wildman–Crippen LogP) is 3.85. The summed E-state index contributed by atoms with van der Waals surface area (Å²) in [4.78, 5) is 19.1. The quantitative estimate of drug-likeness (QED) is 0.645. The Morgan fingerprint density at radius 3 is 2.23 bits per heavy atom. The maximum Gasteiger partial charge on any atom is 0.417 e. The van der Waals surface area contributed by atoms with E-state index >= 15 is 0 Å². The van der Waals surface area contributed by atoms with Crippen LogP contribution in [0, 0.1) is 0 Å². The van der Waals surface area contributed by atoms with Gasteiger partial charge in [-0.15, -0.1) is 11.3 Å². The third-order valence-corrected chi connectivity index (χ3v) is 5.01. The predicted molar refractivity (Wildman–Crippen MR) is 98.0 cm³/mol. The molecule has 0 aliphatic rings. The van der Waals surface area contributed by atoms with Crippen molar-refractivity contribution >= 4 is 23.1 Å². The molecule has 1 amide bonds. The summed E-state index contributed by atoms with van der Waals surface area (Å²) >= 11 is 0.600. The Hall–Kier alpha value is -2.41. The molecule has 0 unspecified atom stereocenters. The third-order valence-electron chi connectivity index (χ3n) is 3.97. The number of halogens is 6. The fraction of sp³-hybridized carbons (Fsp3) is 0.471. The first-order chi connectivity index (χ1) is 13.5. The molecule has 0 aromatic carbocycles. The molecule has 0 bridgehead atoms. The van der Waals surface area contributed by atoms with Crippen molar-refractivity contribution in [1.29, 1.82) is 0 Å². The zero-order valence-electron chi connectivity index (χ0n) is 16.0. The first kappa shape index (κ1) is 23.9. The number of amides is 1. The fourth-order valence-corrected chi connectivity index (χ4v) is 3.35. The van der Waals surface area contributed by atoms with Gasteiger partial charge in [0, 0.05) is 24.5 Å². The van der Waals surface area contributed by atoms with Gasteiger partial charge in [-0.1, -0.05) is 0 Å². The second-order valence-electron chi connectivity index (χ2n) is 7.14. The minimum Gasteiger partial charge on any atom is -0.389 e. The molecule has 2 rings (SSSR count). The maximum atomic E-state index is 13.7. The van der Waals surface area contributed by atoms with Crippen LogP contribution >= 0.6 is 11.3 Å². The van der Waals surface area contributed by atoms with Crippen molar-refractivity contribution in [2.75, 3.05) is 11.4 Å². The lowest BCUT2D eigenvalue weighted by atomic mass is 10.1. The van der Waals surface area contributed by atoms with Crippen LogP contribution in [0.1, 0.15) is 36.1 Å². The Morgan fingerprint density at radius 2 is 1.80 bits per heavy atom. The summed E-state index contributed by atoms with van der Waals surface area (Å²) in [6.45, 7) is 2.59. The number of hydrogen-bond donors (Lipinski definition) is 2. The highest BCUT2D eigenvalue weighted by molar-refractivity contribution is 7.17. The zero-order valence-corrected chi connectivity index (χ0v) is 16.8. The van der Waals surface area contributed by atoms with E-state index < -0.39 is 53.4 Å². The molecule has 13 heteroatoms. The van der Waals surface area contributed by atoms with Gasteiger partial charge >= 0.3 is 12.4 Å². The first-order valence-corrected chi connectivity index (χ1v) is 9.21. The van der Waals surface area contributed by atoms with Gasteiger partial charge in [0.1, 0.15) is 11.9 Å². The summed E-state index contributed by atoms with van der Waals surface area (Å²) in [6, 6.07) is -1.74. The summed E-state index contributed by atoms with van der Waals surface area (Å²) in [5.74, 6) is -1.54. The number of aliphatic hydroxyl groups is 1. The van der Waals surface area contributed by atoms with Crippen LogP contribution in [0.25, 0.3) is 10.4 Å². The number of aromatic nitrogens is 2. The lowest BCUT2D eigenvalue weighted by Crippen LogP contribution is -2.50. The van der Waals surface area contributed by atoms with Gasteiger partial charge in [0.2, 0.25) is 0 Å². The van der Waals surface area contributed by atoms with E-state index in [1.165, 1.54) is 13.8 Å². The summed E-state index contributed by atoms with van der Waals surface area (Å²) in [6.07, 6.45) is -7.95. The molecule has 2 aromatic heterocycles. The van der Waals surface area contributed by atoms with Crippen molar-refractivity contribution in [2.45, 2.75) is 44.8 Å². The van der Waals surface area contributed by atoms with E-state index in [-0.39, 0.29) is 9.88 Å². The van der Waals surface area contributed by atoms with Gasteiger partial charge in [-0.2, -0.15) is 26.3 Å². The van der Waals surface area contributed by atoms with E-state index in [0.717, 1.165) is 19.3 Å². The average Bonchev–Trinajstić information content (AvgIpc) is 3.06. The monoisotopic (exact) mass is 456 g/mol. The molecular weight excluding hydrogens is 438 g/mol. The van der Waals surface area contributed by atoms with Gasteiger partial charge in [-0.3, -0.25) is 4.79 Å². The van der Waals surface area contributed by atoms with Crippen molar-refractivity contribution in [1.82, 2.24) is 9.97 Å². The molecule has 2 heterocycles. The van der Waals surface area contributed by atoms with Crippen LogP contribution < -0.4 is 10.6 Å². The number of carbonyl (C=O) groups excluding carboxylic acids is 1. The van der Waals surface area contributed by atoms with E-state index in [4.69, 9.17) is 5.73 Å². The highest BCUT2D eigenvalue weighted by atomic mass is 32.1. The first-order valence-electron chi connectivity index (χ1n) is 8.39. The number of pyridine rings is 1. The highest BCUT2D eigenvalue weighted by Gasteiger charge is 2.43. The number of thiazole rings is 1. The molecule has 0 fully saturated rings. The molecule has 0 aliphatic heterocycles. The van der Waals surface area contributed by atoms with E-state index in [0.29, 0.717) is 22.3 Å². The summed E-state index contributed by atoms with van der Waals surface area (Å²) < 4.78 is 81.0. The Labute approximate surface area is 171 Å². The van der Waals surface area contributed by atoms with E-state index in [1.807, 2.05) is 0 Å². The summed E-state index contributed by atoms with van der Waals surface area (Å²) in [5, 5.41) is 9.75. The normalized spacial score (nSPS) is 13.9. The van der Waals surface area contributed by atoms with E-state index in [2.05, 4.69) is 9.97 Å². The van der Waals surface area contributed by atoms with Crippen molar-refractivity contribution in [2.24, 2.45) is 5.73 Å². The number of hydrogen-bond acceptors (Lipinski definition) is 6. The van der Waals surface area contributed by atoms with Crippen molar-refractivity contribution < 1.29 is 36.2 Å². The molecule has 1 atom stereocenters. The van der Waals surface area contributed by atoms with Crippen LogP contribution in [0.3, 0.4) is 0 Å². The van der Waals surface area contributed by atoms with Crippen LogP contribution in [0.5, 0.6) is 0 Å². The number of anilines is 1. The molecule has 3 N–H and O–H groups in total. The SMILES string of the molecule is C[C@H](N(CC(C)(C)O)c1cc(C(F)(F)F)c(-c2cnc(C(N)=O)s2)cn1)C(F)(F)F. The molecule has 0 saturated heterocycles. The van der Waals surface area contributed by atoms with Gasteiger partial charge < -0.3 is 15.7 Å². The summed E-state index contributed by atoms with van der Waals surface area (Å²) in [5.41, 5.74) is 1.69. The zero-order chi connectivity index (χ0) is 23.1. The summed E-state index contributed by atoms with van der Waals surface area (Å²) in [7, 11) is 0. The average molecular weight is 456 g/mol. The molecule has 0 spiro atoms. The van der Waals surface area contributed by atoms with Crippen LogP contribution in [-0.2, 0) is 6.18 Å². The Morgan fingerprint density at radius 1 is 1.20 bits per heavy atom. The lowest BCUT2D eigenvalue weighted by molar-refractivity contribution is -0.146. The minimum absolute atomic E-state index is 0.0758. The molecule has 0 aliphatic carbocycles. The van der Waals surface area contributed by atoms with Gasteiger partial charge in [-0.25, -0.2) is 9.97 Å². The largest absolute Gasteiger partial charge is 0.417 e. The molecule has 2 aromatic rings. The van der Waals surface area contributed by atoms with Gasteiger partial charge in [0.25, 0.3) is 5.91 Å². The number of primary amides is 1. The Kier molecular flexibility index (Phi) is 6.38. The number of alkyl halides is 6. The van der Waals surface area contributed by atoms with Crippen LogP contribution in [0.2, 0.25) is 0 Å². The van der Waals surface area contributed by atoms with E-state index in [1.54, 1.807) is 0 Å². The Balaban J connectivity index is 2.63. The molecule has 6 nitrogen and oxygen atoms in total. The van der Waals surface area contributed by atoms with Gasteiger partial charge in [-0.05, 0) is 26.8 Å². The number of carbonyl (C=O) groups is 1. The molecule has 0 saturated carbocycles. The molecule has 0 radical (unpaired) electrons. The van der Waals surface area contributed by atoms with Crippen LogP contribution in [0.15, 0.2) is 18.5 Å². The second-order valence-corrected chi connectivity index (χ2v) is 8.17. The lowest BCUT2D eigenvalue weighted by Gasteiger charge is -2.36. The van der Waals surface area contributed by atoms with Gasteiger partial charge in [0.05, 0.1) is 16.0 Å². The minimum atomic E-state index is -4.94. The standard InChI is InChI=1S/C17H18F6N4O2S/c1-8(16(18,19)20)27(7-15(2,3)29)12-4-10(17(21,22)23)9(5-25-12)11-6-26-14(30-11)13(24)28/h4-6,8,29H,7H2,1-3H3,(H2,24,28)/t8-/m0/s1. The Bertz CT molecular complexity index is 920. The number of nitrogens with two attached hydrogens (primary N) is 1. The van der Waals surface area contributed by atoms with Crippen molar-refractivity contribution in [3.63, 3.8) is 0 Å². The third kappa shape index (κ3) is 5.59. The highest BCUT2D eigenvalue weighted by Crippen LogP contribution is 2.41. The fourth-order valence-electron chi connectivity index (χ4n) is 2.55. The van der Waals surface area contributed by atoms with E-state index in [9.17, 15) is 36.2 Å². The topological polar surface area (TPSA) is 92.3 Å². The maximum absolute atomic E-state index is 13.7. The number of rotatable bonds is 6. The van der Waals surface area contributed by atoms with Gasteiger partial charge in [0.15, 0.2) is 5.01 Å². The van der Waals surface area contributed by atoms with Crippen LogP contribution in [0.4, 0.5) is 32.2 Å². The number of nitrogens with zero attached hydrogens (tertiary/aromatic N) is 3. The molecular formula is C17H18F6N4O2S. The van der Waals surface area contributed by atoms with Crippen molar-refractivity contribution in [3.05, 3.63) is 29.0 Å². The van der Waals surface area contributed by atoms with Crippen LogP contribution in [-0.4, -0.2) is 45.3 Å². The van der Waals surface area contributed by atoms with Crippen molar-refractivity contribution in [3.8, 4) is 10.4 Å². The smallest absolute Gasteiger partial charge is 0.389 e. The molecule has 166 valence electrons. The second kappa shape index (κ2) is 8.02.